The number of amides is 2. The fourth-order valence-electron chi connectivity index (χ4n) is 3.53. The molecule has 0 bridgehead atoms. The van der Waals surface area contributed by atoms with Crippen LogP contribution in [-0.2, 0) is 4.79 Å². The maximum Gasteiger partial charge on any atom is 0.459 e. The van der Waals surface area contributed by atoms with Crippen LogP contribution >= 0.6 is 11.6 Å². The van der Waals surface area contributed by atoms with E-state index in [9.17, 15) is 71.1 Å². The van der Waals surface area contributed by atoms with Gasteiger partial charge in [-0.2, -0.15) is 57.1 Å². The number of carbonyl (C=O) groups excluding carboxylic acids is 2. The number of alkyl halides is 13. The average Bonchev–Trinajstić information content (AvgIpc) is 2.97. The first kappa shape index (κ1) is 41.3. The zero-order chi connectivity index (χ0) is 38.6. The molecule has 0 saturated heterocycles. The lowest BCUT2D eigenvalue weighted by molar-refractivity contribution is -0.264. The van der Waals surface area contributed by atoms with Crippen LogP contribution in [0.15, 0.2) is 75.5 Å². The molecule has 0 saturated carbocycles. The molecule has 2 aromatic carbocycles. The molecule has 2 amide bonds. The van der Waals surface area contributed by atoms with E-state index in [0.717, 1.165) is 42.5 Å². The van der Waals surface area contributed by atoms with Crippen LogP contribution in [-0.4, -0.2) is 67.2 Å². The molecule has 0 radical (unpaired) electrons. The maximum absolute atomic E-state index is 14.1. The van der Waals surface area contributed by atoms with E-state index < -0.39 is 94.7 Å². The molecule has 0 aliphatic rings. The Morgan fingerprint density at radius 1 is 0.800 bits per heavy atom. The Hall–Kier alpha value is -4.89. The van der Waals surface area contributed by atoms with Crippen molar-refractivity contribution in [1.29, 1.82) is 0 Å². The Morgan fingerprint density at radius 3 is 1.80 bits per heavy atom. The van der Waals surface area contributed by atoms with E-state index in [0.29, 0.717) is 7.05 Å². The van der Waals surface area contributed by atoms with E-state index in [-0.39, 0.29) is 16.3 Å². The number of hydrogen-bond donors (Lipinski definition) is 4. The van der Waals surface area contributed by atoms with E-state index in [1.165, 1.54) is 0 Å². The smallest absolute Gasteiger partial charge is 0.400 e. The van der Waals surface area contributed by atoms with Gasteiger partial charge >= 0.3 is 30.4 Å². The number of halogens is 15. The van der Waals surface area contributed by atoms with Gasteiger partial charge in [0.25, 0.3) is 11.8 Å². The summed E-state index contributed by atoms with van der Waals surface area (Å²) in [7, 11) is 0.576. The number of aliphatic imine (C=N–C) groups is 2. The Balaban J connectivity index is 2.57. The normalized spacial score (nSPS) is 14.7. The van der Waals surface area contributed by atoms with Crippen molar-refractivity contribution in [3.63, 3.8) is 0 Å². The third kappa shape index (κ3) is 9.63. The molecule has 0 unspecified atom stereocenters. The second-order valence-electron chi connectivity index (χ2n) is 9.53. The summed E-state index contributed by atoms with van der Waals surface area (Å²) in [5.41, 5.74) is -2.78. The molecule has 23 heteroatoms. The SMILES string of the molecule is CN=C(C(=O)Nc1ccc(Cl)c(C(=O)Nc2ccc(F)cc2)c1)C(=C(N)CN=C(C=C(N)C(F)(F)C(F)(F)F)C(F)(F)C(F)(F)F)C(F)(F)F. The summed E-state index contributed by atoms with van der Waals surface area (Å²) in [6, 6.07) is 7.14. The molecule has 0 spiro atoms. The van der Waals surface area contributed by atoms with Gasteiger partial charge in [0, 0.05) is 24.1 Å². The number of nitrogens with one attached hydrogen (secondary N) is 2. The topological polar surface area (TPSA) is 135 Å². The zero-order valence-electron chi connectivity index (χ0n) is 24.4. The van der Waals surface area contributed by atoms with Crippen molar-refractivity contribution in [2.45, 2.75) is 30.4 Å². The highest BCUT2D eigenvalue weighted by Gasteiger charge is 2.63. The van der Waals surface area contributed by atoms with Gasteiger partial charge in [0.15, 0.2) is 0 Å². The molecule has 274 valence electrons. The molecule has 8 nitrogen and oxygen atoms in total. The number of nitrogens with zero attached hydrogens (tertiary/aromatic N) is 2. The Morgan fingerprint density at radius 2 is 1.32 bits per heavy atom. The first-order chi connectivity index (χ1) is 22.6. The second kappa shape index (κ2) is 14.9. The summed E-state index contributed by atoms with van der Waals surface area (Å²) in [5.74, 6) is -15.9. The molecule has 6 N–H and O–H groups in total. The average molecular weight is 761 g/mol. The van der Waals surface area contributed by atoms with Crippen LogP contribution in [0, 0.1) is 5.82 Å². The molecule has 0 aromatic heterocycles. The van der Waals surface area contributed by atoms with Gasteiger partial charge in [-0.05, 0) is 48.5 Å². The fourth-order valence-corrected chi connectivity index (χ4v) is 3.73. The molecule has 0 heterocycles. The van der Waals surface area contributed by atoms with Crippen molar-refractivity contribution in [2.24, 2.45) is 21.5 Å². The van der Waals surface area contributed by atoms with E-state index in [1.54, 1.807) is 0 Å². The van der Waals surface area contributed by atoms with Crippen LogP contribution in [0.5, 0.6) is 0 Å². The number of rotatable bonds is 10. The van der Waals surface area contributed by atoms with E-state index in [1.807, 2.05) is 5.32 Å². The predicted octanol–water partition coefficient (Wildman–Crippen LogP) is 7.19. The molecule has 0 aliphatic carbocycles. The fraction of sp³-hybridized carbons (Fsp3) is 0.259. The summed E-state index contributed by atoms with van der Waals surface area (Å²) in [6.45, 7) is -2.11. The van der Waals surface area contributed by atoms with Crippen molar-refractivity contribution >= 4 is 46.2 Å². The molecular formula is C27H19ClF14N6O2. The van der Waals surface area contributed by atoms with Gasteiger partial charge in [-0.15, -0.1) is 0 Å². The van der Waals surface area contributed by atoms with Crippen molar-refractivity contribution in [3.8, 4) is 0 Å². The Labute approximate surface area is 275 Å². The van der Waals surface area contributed by atoms with Crippen LogP contribution in [0.2, 0.25) is 5.02 Å². The zero-order valence-corrected chi connectivity index (χ0v) is 25.1. The standard InChI is InChI=1S/C27H19ClF14N6O2/c1-45-20(22(50)48-13-6-7-15(28)14(8-13)21(49)47-12-4-2-11(29)3-5-12)19(25(34,35)36)16(43)10-46-18(24(32,33)27(40,41)42)9-17(44)23(30,31)26(37,38)39/h2-9H,10,43-44H2,1H3,(H,47,49)(H,48,50). The summed E-state index contributed by atoms with van der Waals surface area (Å²) in [5, 5.41) is 3.96. The molecule has 2 rings (SSSR count). The number of anilines is 2. The largest absolute Gasteiger partial charge is 0.459 e. The first-order valence-corrected chi connectivity index (χ1v) is 13.1. The highest BCUT2D eigenvalue weighted by molar-refractivity contribution is 6.49. The monoisotopic (exact) mass is 760 g/mol. The summed E-state index contributed by atoms with van der Waals surface area (Å²) in [6.07, 6.45) is -20.3. The molecule has 0 aliphatic heterocycles. The lowest BCUT2D eigenvalue weighted by Crippen LogP contribution is -2.46. The van der Waals surface area contributed by atoms with E-state index in [4.69, 9.17) is 17.3 Å². The molecule has 0 atom stereocenters. The van der Waals surface area contributed by atoms with Gasteiger partial charge in [0.1, 0.15) is 22.8 Å². The van der Waals surface area contributed by atoms with Crippen LogP contribution in [0.25, 0.3) is 0 Å². The van der Waals surface area contributed by atoms with Crippen molar-refractivity contribution < 1.29 is 71.1 Å². The number of carbonyl (C=O) groups is 2. The third-order valence-electron chi connectivity index (χ3n) is 5.96. The van der Waals surface area contributed by atoms with Crippen molar-refractivity contribution in [1.82, 2.24) is 0 Å². The van der Waals surface area contributed by atoms with Crippen LogP contribution < -0.4 is 22.1 Å². The molecule has 50 heavy (non-hydrogen) atoms. The van der Waals surface area contributed by atoms with Crippen molar-refractivity contribution in [3.05, 3.63) is 81.9 Å². The van der Waals surface area contributed by atoms with E-state index >= 15 is 0 Å². The lowest BCUT2D eigenvalue weighted by Gasteiger charge is -2.23. The quantitative estimate of drug-likeness (QED) is 0.151. The minimum absolute atomic E-state index is 0.0730. The van der Waals surface area contributed by atoms with Gasteiger partial charge in [-0.3, -0.25) is 19.6 Å². The van der Waals surface area contributed by atoms with Crippen LogP contribution in [0.1, 0.15) is 10.4 Å². The lowest BCUT2D eigenvalue weighted by atomic mass is 10.1. The van der Waals surface area contributed by atoms with Gasteiger partial charge < -0.3 is 22.1 Å². The van der Waals surface area contributed by atoms with Crippen LogP contribution in [0.4, 0.5) is 72.8 Å². The van der Waals surface area contributed by atoms with Crippen LogP contribution in [0.3, 0.4) is 0 Å². The second-order valence-corrected chi connectivity index (χ2v) is 9.93. The van der Waals surface area contributed by atoms with Gasteiger partial charge in [0.2, 0.25) is 0 Å². The maximum atomic E-state index is 14.1. The minimum atomic E-state index is -6.75. The Bertz CT molecular complexity index is 1730. The number of hydrogen-bond acceptors (Lipinski definition) is 6. The third-order valence-corrected chi connectivity index (χ3v) is 6.29. The molecule has 0 fully saturated rings. The first-order valence-electron chi connectivity index (χ1n) is 12.8. The summed E-state index contributed by atoms with van der Waals surface area (Å²) < 4.78 is 187. The Kier molecular flexibility index (Phi) is 12.3. The van der Waals surface area contributed by atoms with E-state index in [2.05, 4.69) is 21.0 Å². The molecule has 2 aromatic rings. The van der Waals surface area contributed by atoms with Crippen molar-refractivity contribution in [2.75, 3.05) is 24.2 Å². The molecular weight excluding hydrogens is 742 g/mol. The highest BCUT2D eigenvalue weighted by atomic mass is 35.5. The summed E-state index contributed by atoms with van der Waals surface area (Å²) >= 11 is 5.98. The summed E-state index contributed by atoms with van der Waals surface area (Å²) in [4.78, 5) is 31.1. The predicted molar refractivity (Wildman–Crippen MR) is 152 cm³/mol. The highest BCUT2D eigenvalue weighted by Crippen LogP contribution is 2.41. The van der Waals surface area contributed by atoms with Gasteiger partial charge in [0.05, 0.1) is 22.8 Å². The minimum Gasteiger partial charge on any atom is -0.400 e. The number of benzene rings is 2. The number of nitrogens with two attached hydrogens (primary N) is 2. The number of allylic oxidation sites excluding steroid dienone is 2. The van der Waals surface area contributed by atoms with Gasteiger partial charge in [-0.25, -0.2) is 4.39 Å². The van der Waals surface area contributed by atoms with Gasteiger partial charge in [-0.1, -0.05) is 11.6 Å².